The summed E-state index contributed by atoms with van der Waals surface area (Å²) >= 11 is 4.75. The van der Waals surface area contributed by atoms with Gasteiger partial charge < -0.3 is 14.2 Å². The smallest absolute Gasteiger partial charge is 0.338 e. The topological polar surface area (TPSA) is 77.4 Å². The Hall–Kier alpha value is -3.22. The van der Waals surface area contributed by atoms with Gasteiger partial charge in [-0.05, 0) is 89.6 Å². The fourth-order valence-electron chi connectivity index (χ4n) is 2.99. The maximum atomic E-state index is 12.8. The third-order valence-corrected chi connectivity index (χ3v) is 6.19. The summed E-state index contributed by atoms with van der Waals surface area (Å²) < 4.78 is 17.0. The SMILES string of the molecule is C#CCOc1c(Br)cc(C=C2SC(=Nc3ccc(C(=O)OCC)cc3)N(C)C2=O)cc1OCC. The van der Waals surface area contributed by atoms with Crippen LogP contribution in [0.1, 0.15) is 29.8 Å². The molecule has 0 bridgehead atoms. The summed E-state index contributed by atoms with van der Waals surface area (Å²) in [5, 5.41) is 0.526. The number of carbonyl (C=O) groups excluding carboxylic acids is 2. The van der Waals surface area contributed by atoms with Gasteiger partial charge in [-0.25, -0.2) is 9.79 Å². The summed E-state index contributed by atoms with van der Waals surface area (Å²) in [5.41, 5.74) is 1.82. The van der Waals surface area contributed by atoms with Crippen LogP contribution in [0.2, 0.25) is 0 Å². The molecule has 0 aliphatic carbocycles. The second kappa shape index (κ2) is 11.8. The molecule has 3 rings (SSSR count). The van der Waals surface area contributed by atoms with Crippen LogP contribution >= 0.6 is 27.7 Å². The summed E-state index contributed by atoms with van der Waals surface area (Å²) in [6.45, 7) is 4.49. The molecule has 1 amide bonds. The molecule has 0 aromatic heterocycles. The Kier molecular flexibility index (Phi) is 8.79. The third kappa shape index (κ3) is 6.01. The summed E-state index contributed by atoms with van der Waals surface area (Å²) in [6.07, 6.45) is 7.07. The van der Waals surface area contributed by atoms with Crippen molar-refractivity contribution in [1.29, 1.82) is 0 Å². The molecular weight excluding hydrogens is 520 g/mol. The van der Waals surface area contributed by atoms with Gasteiger partial charge in [0, 0.05) is 7.05 Å². The number of rotatable bonds is 8. The van der Waals surface area contributed by atoms with E-state index >= 15 is 0 Å². The van der Waals surface area contributed by atoms with Crippen LogP contribution in [-0.2, 0) is 9.53 Å². The Balaban J connectivity index is 1.85. The van der Waals surface area contributed by atoms with Crippen LogP contribution in [0.25, 0.3) is 6.08 Å². The molecule has 176 valence electrons. The normalized spacial score (nSPS) is 15.5. The Bertz CT molecular complexity index is 1190. The summed E-state index contributed by atoms with van der Waals surface area (Å²) in [5.74, 6) is 2.91. The molecule has 0 N–H and O–H groups in total. The average molecular weight is 543 g/mol. The van der Waals surface area contributed by atoms with Crippen molar-refractivity contribution in [1.82, 2.24) is 4.90 Å². The van der Waals surface area contributed by atoms with E-state index in [1.807, 2.05) is 13.0 Å². The molecular formula is C25H23BrN2O5S. The molecule has 1 saturated heterocycles. The van der Waals surface area contributed by atoms with Gasteiger partial charge in [-0.15, -0.1) is 6.42 Å². The van der Waals surface area contributed by atoms with Gasteiger partial charge in [0.1, 0.15) is 6.61 Å². The van der Waals surface area contributed by atoms with Crippen LogP contribution in [0.4, 0.5) is 5.69 Å². The number of amides is 1. The summed E-state index contributed by atoms with van der Waals surface area (Å²) in [6, 6.07) is 10.3. The minimum atomic E-state index is -0.386. The second-order valence-electron chi connectivity index (χ2n) is 6.89. The van der Waals surface area contributed by atoms with Gasteiger partial charge in [-0.1, -0.05) is 5.92 Å². The Morgan fingerprint density at radius 2 is 1.94 bits per heavy atom. The molecule has 0 radical (unpaired) electrons. The van der Waals surface area contributed by atoms with Crippen molar-refractivity contribution < 1.29 is 23.8 Å². The number of thioether (sulfide) groups is 1. The monoisotopic (exact) mass is 542 g/mol. The van der Waals surface area contributed by atoms with Gasteiger partial charge in [-0.2, -0.15) is 0 Å². The molecule has 1 heterocycles. The van der Waals surface area contributed by atoms with E-state index in [9.17, 15) is 9.59 Å². The highest BCUT2D eigenvalue weighted by atomic mass is 79.9. The lowest BCUT2D eigenvalue weighted by Gasteiger charge is -2.13. The quantitative estimate of drug-likeness (QED) is 0.257. The highest BCUT2D eigenvalue weighted by Gasteiger charge is 2.30. The Morgan fingerprint density at radius 1 is 1.21 bits per heavy atom. The fraction of sp³-hybridized carbons (Fsp3) is 0.240. The van der Waals surface area contributed by atoms with Crippen molar-refractivity contribution in [2.75, 3.05) is 26.9 Å². The van der Waals surface area contributed by atoms with E-state index in [0.29, 0.717) is 50.5 Å². The highest BCUT2D eigenvalue weighted by molar-refractivity contribution is 9.10. The molecule has 34 heavy (non-hydrogen) atoms. The summed E-state index contributed by atoms with van der Waals surface area (Å²) in [7, 11) is 1.67. The lowest BCUT2D eigenvalue weighted by molar-refractivity contribution is -0.121. The number of nitrogens with zero attached hydrogens (tertiary/aromatic N) is 2. The van der Waals surface area contributed by atoms with Gasteiger partial charge in [0.15, 0.2) is 16.7 Å². The number of benzene rings is 2. The van der Waals surface area contributed by atoms with Gasteiger partial charge in [0.2, 0.25) is 0 Å². The largest absolute Gasteiger partial charge is 0.490 e. The standard InChI is InChI=1S/C25H23BrN2O5S/c1-5-12-33-22-19(26)13-16(14-20(22)31-6-2)15-21-23(29)28(4)25(34-21)27-18-10-8-17(9-11-18)24(30)32-7-3/h1,8-11,13-15H,6-7,12H2,2-4H3. The minimum Gasteiger partial charge on any atom is -0.490 e. The molecule has 2 aromatic rings. The predicted molar refractivity (Wildman–Crippen MR) is 137 cm³/mol. The first kappa shape index (κ1) is 25.4. The van der Waals surface area contributed by atoms with Crippen molar-refractivity contribution in [3.63, 3.8) is 0 Å². The molecule has 9 heteroatoms. The molecule has 0 unspecified atom stereocenters. The van der Waals surface area contributed by atoms with E-state index in [1.54, 1.807) is 50.4 Å². The number of halogens is 1. The van der Waals surface area contributed by atoms with E-state index in [2.05, 4.69) is 26.8 Å². The number of esters is 1. The van der Waals surface area contributed by atoms with E-state index in [4.69, 9.17) is 20.6 Å². The first-order valence-corrected chi connectivity index (χ1v) is 12.0. The lowest BCUT2D eigenvalue weighted by atomic mass is 10.2. The van der Waals surface area contributed by atoms with Gasteiger partial charge >= 0.3 is 5.97 Å². The maximum absolute atomic E-state index is 12.8. The van der Waals surface area contributed by atoms with Crippen LogP contribution in [0.5, 0.6) is 11.5 Å². The van der Waals surface area contributed by atoms with Crippen LogP contribution in [0.3, 0.4) is 0 Å². The second-order valence-corrected chi connectivity index (χ2v) is 8.76. The lowest BCUT2D eigenvalue weighted by Crippen LogP contribution is -2.23. The van der Waals surface area contributed by atoms with E-state index in [1.165, 1.54) is 16.7 Å². The van der Waals surface area contributed by atoms with Gasteiger partial charge in [-0.3, -0.25) is 9.69 Å². The number of amidine groups is 1. The molecule has 0 spiro atoms. The number of aliphatic imine (C=N–C) groups is 1. The van der Waals surface area contributed by atoms with Crippen LogP contribution in [-0.4, -0.2) is 48.8 Å². The zero-order chi connectivity index (χ0) is 24.7. The maximum Gasteiger partial charge on any atom is 0.338 e. The van der Waals surface area contributed by atoms with Crippen molar-refractivity contribution in [3.8, 4) is 23.8 Å². The Morgan fingerprint density at radius 3 is 2.59 bits per heavy atom. The molecule has 0 saturated carbocycles. The third-order valence-electron chi connectivity index (χ3n) is 4.54. The molecule has 1 aliphatic rings. The molecule has 1 fully saturated rings. The van der Waals surface area contributed by atoms with Crippen molar-refractivity contribution >= 4 is 56.5 Å². The molecule has 7 nitrogen and oxygen atoms in total. The zero-order valence-corrected chi connectivity index (χ0v) is 21.4. The van der Waals surface area contributed by atoms with Gasteiger partial charge in [0.25, 0.3) is 5.91 Å². The molecule has 0 atom stereocenters. The van der Waals surface area contributed by atoms with E-state index in [-0.39, 0.29) is 18.5 Å². The van der Waals surface area contributed by atoms with E-state index < -0.39 is 0 Å². The van der Waals surface area contributed by atoms with Crippen LogP contribution < -0.4 is 9.47 Å². The van der Waals surface area contributed by atoms with E-state index in [0.717, 1.165) is 5.56 Å². The molecule has 2 aromatic carbocycles. The van der Waals surface area contributed by atoms with Crippen molar-refractivity contribution in [2.24, 2.45) is 4.99 Å². The van der Waals surface area contributed by atoms with Crippen LogP contribution in [0.15, 0.2) is 50.8 Å². The highest BCUT2D eigenvalue weighted by Crippen LogP contribution is 2.39. The van der Waals surface area contributed by atoms with Crippen molar-refractivity contribution in [3.05, 3.63) is 56.9 Å². The fourth-order valence-corrected chi connectivity index (χ4v) is 4.55. The number of likely N-dealkylation sites (N-methyl/N-ethyl adjacent to an activating group) is 1. The summed E-state index contributed by atoms with van der Waals surface area (Å²) in [4.78, 5) is 31.2. The first-order valence-electron chi connectivity index (χ1n) is 10.4. The number of carbonyl (C=O) groups is 2. The number of ether oxygens (including phenoxy) is 3. The zero-order valence-electron chi connectivity index (χ0n) is 19.0. The Labute approximate surface area is 211 Å². The van der Waals surface area contributed by atoms with Gasteiger partial charge in [0.05, 0.1) is 33.8 Å². The average Bonchev–Trinajstić information content (AvgIpc) is 3.07. The van der Waals surface area contributed by atoms with Crippen LogP contribution in [0, 0.1) is 12.3 Å². The molecule has 1 aliphatic heterocycles. The number of terminal acetylenes is 1. The first-order chi connectivity index (χ1) is 16.4. The van der Waals surface area contributed by atoms with Crippen molar-refractivity contribution in [2.45, 2.75) is 13.8 Å². The predicted octanol–water partition coefficient (Wildman–Crippen LogP) is 5.27. The number of hydrogen-bond acceptors (Lipinski definition) is 7. The number of hydrogen-bond donors (Lipinski definition) is 0. The minimum absolute atomic E-state index is 0.110.